The van der Waals surface area contributed by atoms with E-state index in [9.17, 15) is 4.79 Å². The summed E-state index contributed by atoms with van der Waals surface area (Å²) in [5.74, 6) is 1.63. The standard InChI is InChI=1S/C19H28N6O3/c1-3-25-16(6-8-21-25)17-14(5-4-10-27-17)11-20-19(26)24-9-7-15(12-24)18-22-13(2)23-28-18/h6,8,14-15,17H,3-5,7,9-12H2,1-2H3,(H,20,26)/t14-,15?,17+/m0/s1. The van der Waals surface area contributed by atoms with E-state index in [4.69, 9.17) is 9.26 Å². The SMILES string of the molecule is CCn1nccc1[C@@H]1OCCC[C@H]1CNC(=O)N1CCC(c2nc(C)no2)C1. The van der Waals surface area contributed by atoms with Crippen molar-refractivity contribution >= 4 is 6.03 Å². The number of aromatic nitrogens is 4. The first-order chi connectivity index (χ1) is 13.7. The molecule has 4 rings (SSSR count). The first kappa shape index (κ1) is 18.9. The normalized spacial score (nSPS) is 25.2. The maximum Gasteiger partial charge on any atom is 0.317 e. The van der Waals surface area contributed by atoms with Crippen LogP contribution in [0.25, 0.3) is 0 Å². The number of rotatable bonds is 5. The molecule has 1 N–H and O–H groups in total. The Kier molecular flexibility index (Phi) is 5.61. The minimum atomic E-state index is -0.0351. The van der Waals surface area contributed by atoms with Crippen molar-refractivity contribution in [3.05, 3.63) is 29.7 Å². The Balaban J connectivity index is 1.33. The topological polar surface area (TPSA) is 98.3 Å². The molecule has 9 heteroatoms. The average molecular weight is 388 g/mol. The molecule has 0 bridgehead atoms. The van der Waals surface area contributed by atoms with E-state index in [-0.39, 0.29) is 24.0 Å². The molecule has 2 aromatic rings. The molecular formula is C19H28N6O3. The second kappa shape index (κ2) is 8.30. The summed E-state index contributed by atoms with van der Waals surface area (Å²) in [4.78, 5) is 18.8. The van der Waals surface area contributed by atoms with Crippen molar-refractivity contribution < 1.29 is 14.1 Å². The Bertz CT molecular complexity index is 803. The lowest BCUT2D eigenvalue weighted by Gasteiger charge is -2.32. The molecule has 0 aliphatic carbocycles. The lowest BCUT2D eigenvalue weighted by atomic mass is 9.92. The van der Waals surface area contributed by atoms with Gasteiger partial charge in [-0.15, -0.1) is 0 Å². The molecular weight excluding hydrogens is 360 g/mol. The third kappa shape index (κ3) is 3.89. The van der Waals surface area contributed by atoms with Crippen molar-refractivity contribution in [3.8, 4) is 0 Å². The summed E-state index contributed by atoms with van der Waals surface area (Å²) in [6, 6.07) is 1.98. The largest absolute Gasteiger partial charge is 0.372 e. The summed E-state index contributed by atoms with van der Waals surface area (Å²) in [5, 5.41) is 11.3. The third-order valence-corrected chi connectivity index (χ3v) is 5.67. The van der Waals surface area contributed by atoms with E-state index in [0.29, 0.717) is 31.3 Å². The van der Waals surface area contributed by atoms with E-state index in [2.05, 4.69) is 27.5 Å². The predicted octanol–water partition coefficient (Wildman–Crippen LogP) is 2.26. The molecule has 0 saturated carbocycles. The molecule has 1 unspecified atom stereocenters. The van der Waals surface area contributed by atoms with Gasteiger partial charge < -0.3 is 19.5 Å². The van der Waals surface area contributed by atoms with Crippen molar-refractivity contribution in [3.63, 3.8) is 0 Å². The van der Waals surface area contributed by atoms with E-state index in [1.165, 1.54) is 0 Å². The number of urea groups is 1. The number of carbonyl (C=O) groups excluding carboxylic acids is 1. The molecule has 0 radical (unpaired) electrons. The van der Waals surface area contributed by atoms with Crippen LogP contribution in [0.1, 0.15) is 55.6 Å². The number of nitrogens with zero attached hydrogens (tertiary/aromatic N) is 5. The number of ether oxygens (including phenoxy) is 1. The maximum absolute atomic E-state index is 12.7. The number of likely N-dealkylation sites (tertiary alicyclic amines) is 1. The highest BCUT2D eigenvalue weighted by atomic mass is 16.5. The number of hydrogen-bond donors (Lipinski definition) is 1. The van der Waals surface area contributed by atoms with Crippen LogP contribution < -0.4 is 5.32 Å². The van der Waals surface area contributed by atoms with Crippen molar-refractivity contribution in [2.45, 2.75) is 51.7 Å². The predicted molar refractivity (Wildman–Crippen MR) is 101 cm³/mol. The van der Waals surface area contributed by atoms with Gasteiger partial charge in [0.15, 0.2) is 5.82 Å². The van der Waals surface area contributed by atoms with Gasteiger partial charge in [0.05, 0.1) is 11.6 Å². The molecule has 3 atom stereocenters. The summed E-state index contributed by atoms with van der Waals surface area (Å²) in [6.45, 7) is 7.35. The molecule has 2 saturated heterocycles. The molecule has 0 spiro atoms. The zero-order chi connectivity index (χ0) is 19.5. The van der Waals surface area contributed by atoms with Crippen LogP contribution in [0.2, 0.25) is 0 Å². The van der Waals surface area contributed by atoms with E-state index in [1.54, 1.807) is 6.92 Å². The van der Waals surface area contributed by atoms with Crippen LogP contribution in [0.3, 0.4) is 0 Å². The second-order valence-corrected chi connectivity index (χ2v) is 7.56. The highest BCUT2D eigenvalue weighted by molar-refractivity contribution is 5.74. The molecule has 2 aliphatic rings. The van der Waals surface area contributed by atoms with Crippen LogP contribution in [0.5, 0.6) is 0 Å². The Morgan fingerprint density at radius 3 is 3.07 bits per heavy atom. The van der Waals surface area contributed by atoms with Crippen LogP contribution in [0, 0.1) is 12.8 Å². The lowest BCUT2D eigenvalue weighted by molar-refractivity contribution is -0.0320. The number of carbonyl (C=O) groups is 1. The summed E-state index contributed by atoms with van der Waals surface area (Å²) in [6.07, 6.45) is 4.68. The Labute approximate surface area is 164 Å². The fraction of sp³-hybridized carbons (Fsp3) is 0.684. The van der Waals surface area contributed by atoms with Crippen molar-refractivity contribution in [2.75, 3.05) is 26.2 Å². The fourth-order valence-electron chi connectivity index (χ4n) is 4.18. The minimum Gasteiger partial charge on any atom is -0.372 e. The van der Waals surface area contributed by atoms with Gasteiger partial charge in [-0.1, -0.05) is 5.16 Å². The Morgan fingerprint density at radius 1 is 1.39 bits per heavy atom. The third-order valence-electron chi connectivity index (χ3n) is 5.67. The number of hydrogen-bond acceptors (Lipinski definition) is 6. The minimum absolute atomic E-state index is 0.0239. The highest BCUT2D eigenvalue weighted by Crippen LogP contribution is 2.33. The Morgan fingerprint density at radius 2 is 2.29 bits per heavy atom. The summed E-state index contributed by atoms with van der Waals surface area (Å²) in [5.41, 5.74) is 1.09. The highest BCUT2D eigenvalue weighted by Gasteiger charge is 2.33. The van der Waals surface area contributed by atoms with Crippen molar-refractivity contribution in [2.24, 2.45) is 5.92 Å². The van der Waals surface area contributed by atoms with Crippen LogP contribution in [0.4, 0.5) is 4.79 Å². The summed E-state index contributed by atoms with van der Waals surface area (Å²) in [7, 11) is 0. The molecule has 28 heavy (non-hydrogen) atoms. The van der Waals surface area contributed by atoms with Crippen LogP contribution in [0.15, 0.2) is 16.8 Å². The smallest absolute Gasteiger partial charge is 0.317 e. The maximum atomic E-state index is 12.7. The molecule has 2 aromatic heterocycles. The fourth-order valence-corrected chi connectivity index (χ4v) is 4.18. The molecule has 152 valence electrons. The van der Waals surface area contributed by atoms with E-state index < -0.39 is 0 Å². The van der Waals surface area contributed by atoms with Crippen LogP contribution in [-0.2, 0) is 11.3 Å². The van der Waals surface area contributed by atoms with Gasteiger partial charge in [-0.2, -0.15) is 10.1 Å². The van der Waals surface area contributed by atoms with Gasteiger partial charge in [-0.3, -0.25) is 4.68 Å². The summed E-state index contributed by atoms with van der Waals surface area (Å²) < 4.78 is 13.3. The lowest BCUT2D eigenvalue weighted by Crippen LogP contribution is -2.42. The van der Waals surface area contributed by atoms with Crippen molar-refractivity contribution in [1.82, 2.24) is 30.1 Å². The van der Waals surface area contributed by atoms with Gasteiger partial charge in [-0.05, 0) is 39.2 Å². The quantitative estimate of drug-likeness (QED) is 0.844. The van der Waals surface area contributed by atoms with Gasteiger partial charge in [0.25, 0.3) is 0 Å². The first-order valence-corrected chi connectivity index (χ1v) is 10.1. The van der Waals surface area contributed by atoms with Gasteiger partial charge in [0, 0.05) is 44.9 Å². The number of nitrogens with one attached hydrogen (secondary N) is 1. The van der Waals surface area contributed by atoms with Crippen molar-refractivity contribution in [1.29, 1.82) is 0 Å². The Hall–Kier alpha value is -2.42. The monoisotopic (exact) mass is 388 g/mol. The molecule has 2 amide bonds. The molecule has 2 fully saturated rings. The van der Waals surface area contributed by atoms with Gasteiger partial charge in [0.1, 0.15) is 6.10 Å². The zero-order valence-corrected chi connectivity index (χ0v) is 16.5. The molecule has 4 heterocycles. The van der Waals surface area contributed by atoms with Gasteiger partial charge >= 0.3 is 6.03 Å². The number of amides is 2. The van der Waals surface area contributed by atoms with E-state index >= 15 is 0 Å². The molecule has 9 nitrogen and oxygen atoms in total. The average Bonchev–Trinajstić information content (AvgIpc) is 3.46. The van der Waals surface area contributed by atoms with Gasteiger partial charge in [0.2, 0.25) is 5.89 Å². The van der Waals surface area contributed by atoms with Crippen LogP contribution in [-0.4, -0.2) is 57.1 Å². The van der Waals surface area contributed by atoms with Crippen LogP contribution >= 0.6 is 0 Å². The van der Waals surface area contributed by atoms with Gasteiger partial charge in [-0.25, -0.2) is 4.79 Å². The van der Waals surface area contributed by atoms with E-state index in [0.717, 1.165) is 38.1 Å². The summed E-state index contributed by atoms with van der Waals surface area (Å²) >= 11 is 0. The van der Waals surface area contributed by atoms with E-state index in [1.807, 2.05) is 21.8 Å². The number of aryl methyl sites for hydroxylation is 2. The molecule has 0 aromatic carbocycles. The second-order valence-electron chi connectivity index (χ2n) is 7.56. The first-order valence-electron chi connectivity index (χ1n) is 10.1. The molecule has 2 aliphatic heterocycles. The zero-order valence-electron chi connectivity index (χ0n) is 16.5.